The smallest absolute Gasteiger partial charge is 0.247 e. The molecule has 0 aliphatic carbocycles. The Labute approximate surface area is 147 Å². The maximum absolute atomic E-state index is 12.6. The van der Waals surface area contributed by atoms with Gasteiger partial charge in [-0.2, -0.15) is 5.10 Å². The van der Waals surface area contributed by atoms with Crippen molar-refractivity contribution in [3.63, 3.8) is 0 Å². The third kappa shape index (κ3) is 3.37. The van der Waals surface area contributed by atoms with Gasteiger partial charge < -0.3 is 9.64 Å². The molecule has 7 nitrogen and oxygen atoms in total. The average Bonchev–Trinajstić information content (AvgIpc) is 3.32. The molecule has 1 atom stereocenters. The highest BCUT2D eigenvalue weighted by atomic mass is 16.5. The van der Waals surface area contributed by atoms with Crippen LogP contribution in [0.15, 0.2) is 30.9 Å². The molecule has 7 heteroatoms. The van der Waals surface area contributed by atoms with Crippen molar-refractivity contribution < 1.29 is 9.53 Å². The fraction of sp³-hybridized carbons (Fsp3) is 0.500. The van der Waals surface area contributed by atoms with Crippen molar-refractivity contribution in [2.75, 3.05) is 32.8 Å². The fourth-order valence-electron chi connectivity index (χ4n) is 3.52. The summed E-state index contributed by atoms with van der Waals surface area (Å²) in [5, 5.41) is 4.07. The summed E-state index contributed by atoms with van der Waals surface area (Å²) in [6.45, 7) is 6.89. The second kappa shape index (κ2) is 6.84. The molecular weight excluding hydrogens is 318 g/mol. The average molecular weight is 341 g/mol. The van der Waals surface area contributed by atoms with E-state index in [-0.39, 0.29) is 11.9 Å². The number of benzene rings is 1. The first-order chi connectivity index (χ1) is 12.2. The quantitative estimate of drug-likeness (QED) is 0.834. The van der Waals surface area contributed by atoms with Crippen LogP contribution in [0.4, 0.5) is 0 Å². The van der Waals surface area contributed by atoms with E-state index in [1.54, 1.807) is 11.0 Å². The van der Waals surface area contributed by atoms with Crippen molar-refractivity contribution >= 4 is 5.91 Å². The van der Waals surface area contributed by atoms with Gasteiger partial charge >= 0.3 is 0 Å². The van der Waals surface area contributed by atoms with Crippen LogP contribution in [0.5, 0.6) is 5.75 Å². The second-order valence-corrected chi connectivity index (χ2v) is 6.69. The topological polar surface area (TPSA) is 63.5 Å². The summed E-state index contributed by atoms with van der Waals surface area (Å²) in [6, 6.07) is 6.18. The predicted octanol–water partition coefficient (Wildman–Crippen LogP) is 1.12. The van der Waals surface area contributed by atoms with Crippen molar-refractivity contribution in [3.8, 4) is 5.75 Å². The summed E-state index contributed by atoms with van der Waals surface area (Å²) in [5.41, 5.74) is 2.63. The van der Waals surface area contributed by atoms with Crippen molar-refractivity contribution in [2.24, 2.45) is 0 Å². The van der Waals surface area contributed by atoms with E-state index in [9.17, 15) is 4.79 Å². The fourth-order valence-corrected chi connectivity index (χ4v) is 3.52. The number of carbonyl (C=O) groups excluding carboxylic acids is 1. The van der Waals surface area contributed by atoms with Crippen LogP contribution in [0.3, 0.4) is 0 Å². The highest BCUT2D eigenvalue weighted by Gasteiger charge is 2.26. The Bertz CT molecular complexity index is 738. The molecule has 25 heavy (non-hydrogen) atoms. The molecule has 1 fully saturated rings. The first-order valence-electron chi connectivity index (χ1n) is 8.80. The van der Waals surface area contributed by atoms with Crippen LogP contribution in [0.25, 0.3) is 0 Å². The van der Waals surface area contributed by atoms with Gasteiger partial charge in [-0.25, -0.2) is 9.67 Å². The molecule has 0 bridgehead atoms. The third-order valence-electron chi connectivity index (χ3n) is 5.03. The van der Waals surface area contributed by atoms with Gasteiger partial charge in [-0.3, -0.25) is 9.69 Å². The summed E-state index contributed by atoms with van der Waals surface area (Å²) in [7, 11) is 0. The van der Waals surface area contributed by atoms with Crippen molar-refractivity contribution in [3.05, 3.63) is 42.0 Å². The number of amides is 1. The summed E-state index contributed by atoms with van der Waals surface area (Å²) in [6.07, 6.45) is 4.06. The van der Waals surface area contributed by atoms with Crippen molar-refractivity contribution in [1.82, 2.24) is 24.6 Å². The molecule has 2 aliphatic heterocycles. The lowest BCUT2D eigenvalue weighted by atomic mass is 10.1. The Kier molecular flexibility index (Phi) is 4.40. The zero-order valence-electron chi connectivity index (χ0n) is 14.5. The minimum absolute atomic E-state index is 0.111. The Hall–Kier alpha value is -2.41. The van der Waals surface area contributed by atoms with Gasteiger partial charge in [0.05, 0.1) is 6.61 Å². The number of rotatable bonds is 4. The molecule has 0 saturated carbocycles. The second-order valence-electron chi connectivity index (χ2n) is 6.69. The first kappa shape index (κ1) is 16.1. The van der Waals surface area contributed by atoms with E-state index in [1.807, 2.05) is 11.8 Å². The molecule has 1 saturated heterocycles. The van der Waals surface area contributed by atoms with Crippen molar-refractivity contribution in [2.45, 2.75) is 25.9 Å². The maximum Gasteiger partial charge on any atom is 0.247 e. The minimum Gasteiger partial charge on any atom is -0.493 e. The number of ether oxygens (including phenoxy) is 1. The minimum atomic E-state index is -0.300. The Morgan fingerprint density at radius 3 is 2.88 bits per heavy atom. The largest absolute Gasteiger partial charge is 0.493 e. The maximum atomic E-state index is 12.6. The number of carbonyl (C=O) groups is 1. The lowest BCUT2D eigenvalue weighted by Gasteiger charge is -2.36. The molecule has 1 unspecified atom stereocenters. The Morgan fingerprint density at radius 1 is 1.28 bits per heavy atom. The molecule has 2 aliphatic rings. The van der Waals surface area contributed by atoms with Gasteiger partial charge in [0.15, 0.2) is 0 Å². The normalized spacial score (nSPS) is 18.7. The molecule has 4 rings (SSSR count). The van der Waals surface area contributed by atoms with Gasteiger partial charge in [0, 0.05) is 39.1 Å². The van der Waals surface area contributed by atoms with Gasteiger partial charge in [-0.15, -0.1) is 0 Å². The van der Waals surface area contributed by atoms with Crippen LogP contribution in [-0.4, -0.2) is 63.3 Å². The summed E-state index contributed by atoms with van der Waals surface area (Å²) in [4.78, 5) is 20.8. The molecule has 3 heterocycles. The molecule has 0 radical (unpaired) electrons. The highest BCUT2D eigenvalue weighted by Crippen LogP contribution is 2.26. The number of fused-ring (bicyclic) bond motifs is 1. The lowest BCUT2D eigenvalue weighted by Crippen LogP contribution is -2.49. The van der Waals surface area contributed by atoms with Gasteiger partial charge in [0.1, 0.15) is 24.4 Å². The van der Waals surface area contributed by atoms with Crippen LogP contribution in [0, 0.1) is 0 Å². The van der Waals surface area contributed by atoms with Gasteiger partial charge in [-0.1, -0.05) is 12.1 Å². The van der Waals surface area contributed by atoms with E-state index in [1.165, 1.54) is 17.5 Å². The SMILES string of the molecule is CC(C(=O)N1CCN(Cc2ccc3c(c2)CCO3)CC1)n1cncn1. The van der Waals surface area contributed by atoms with E-state index in [0.29, 0.717) is 0 Å². The molecule has 2 aromatic rings. The molecule has 1 amide bonds. The number of hydrogen-bond acceptors (Lipinski definition) is 5. The first-order valence-corrected chi connectivity index (χ1v) is 8.80. The number of piperazine rings is 1. The molecular formula is C18H23N5O2. The van der Waals surface area contributed by atoms with Crippen molar-refractivity contribution in [1.29, 1.82) is 0 Å². The highest BCUT2D eigenvalue weighted by molar-refractivity contribution is 5.80. The van der Waals surface area contributed by atoms with E-state index >= 15 is 0 Å². The zero-order valence-corrected chi connectivity index (χ0v) is 14.5. The molecule has 1 aromatic carbocycles. The monoisotopic (exact) mass is 341 g/mol. The standard InChI is InChI=1S/C18H23N5O2/c1-14(23-13-19-12-20-23)18(24)22-7-5-21(6-8-22)11-15-2-3-17-16(10-15)4-9-25-17/h2-3,10,12-14H,4-9,11H2,1H3. The number of aromatic nitrogens is 3. The van der Waals surface area contributed by atoms with Gasteiger partial charge in [0.2, 0.25) is 5.91 Å². The summed E-state index contributed by atoms with van der Waals surface area (Å²) >= 11 is 0. The Morgan fingerprint density at radius 2 is 2.12 bits per heavy atom. The lowest BCUT2D eigenvalue weighted by molar-refractivity contribution is -0.136. The summed E-state index contributed by atoms with van der Waals surface area (Å²) < 4.78 is 7.18. The van der Waals surface area contributed by atoms with Crippen LogP contribution >= 0.6 is 0 Å². The van der Waals surface area contributed by atoms with E-state index in [2.05, 4.69) is 33.2 Å². The van der Waals surface area contributed by atoms with E-state index < -0.39 is 0 Å². The van der Waals surface area contributed by atoms with Crippen LogP contribution in [-0.2, 0) is 17.8 Å². The van der Waals surface area contributed by atoms with Gasteiger partial charge in [-0.05, 0) is 24.1 Å². The van der Waals surface area contributed by atoms with Gasteiger partial charge in [0.25, 0.3) is 0 Å². The number of hydrogen-bond donors (Lipinski definition) is 0. The summed E-state index contributed by atoms with van der Waals surface area (Å²) in [5.74, 6) is 1.14. The molecule has 0 spiro atoms. The van der Waals surface area contributed by atoms with E-state index in [0.717, 1.165) is 51.5 Å². The van der Waals surface area contributed by atoms with Crippen LogP contribution in [0.1, 0.15) is 24.1 Å². The zero-order chi connectivity index (χ0) is 17.2. The third-order valence-corrected chi connectivity index (χ3v) is 5.03. The number of nitrogens with zero attached hydrogens (tertiary/aromatic N) is 5. The van der Waals surface area contributed by atoms with E-state index in [4.69, 9.17) is 4.74 Å². The molecule has 0 N–H and O–H groups in total. The molecule has 132 valence electrons. The predicted molar refractivity (Wildman–Crippen MR) is 92.2 cm³/mol. The van der Waals surface area contributed by atoms with Crippen LogP contribution in [0.2, 0.25) is 0 Å². The Balaban J connectivity index is 1.31. The van der Waals surface area contributed by atoms with Crippen LogP contribution < -0.4 is 4.74 Å². The molecule has 1 aromatic heterocycles.